The average Bonchev–Trinajstić information content (AvgIpc) is 2.47. The number of nitrogens with one attached hydrogen (secondary N) is 2. The maximum absolute atomic E-state index is 13.4. The van der Waals surface area contributed by atoms with E-state index in [1.54, 1.807) is 12.1 Å². The second kappa shape index (κ2) is 6.73. The molecule has 2 N–H and O–H groups in total. The van der Waals surface area contributed by atoms with Crippen molar-refractivity contribution in [3.05, 3.63) is 51.3 Å². The molecular weight excluding hydrogens is 365 g/mol. The van der Waals surface area contributed by atoms with Crippen molar-refractivity contribution in [3.8, 4) is 5.88 Å². The normalized spacial score (nSPS) is 10.1. The van der Waals surface area contributed by atoms with Gasteiger partial charge in [-0.15, -0.1) is 0 Å². The smallest absolute Gasteiger partial charge is 0.269 e. The minimum Gasteiger partial charge on any atom is -0.479 e. The quantitative estimate of drug-likeness (QED) is 0.805. The third-order valence-electron chi connectivity index (χ3n) is 2.50. The molecule has 0 unspecified atom stereocenters. The van der Waals surface area contributed by atoms with Gasteiger partial charge in [0.1, 0.15) is 0 Å². The number of amides is 1. The summed E-state index contributed by atoms with van der Waals surface area (Å²) in [6.45, 7) is 0. The molecule has 0 atom stereocenters. The zero-order valence-electron chi connectivity index (χ0n) is 10.8. The lowest BCUT2D eigenvalue weighted by Crippen LogP contribution is -2.29. The number of aromatic nitrogens is 1. The monoisotopic (exact) mass is 373 g/mol. The van der Waals surface area contributed by atoms with Gasteiger partial charge < -0.3 is 4.74 Å². The third-order valence-corrected chi connectivity index (χ3v) is 3.74. The Bertz CT molecular complexity index is 684. The van der Waals surface area contributed by atoms with Crippen LogP contribution in [0.15, 0.2) is 34.9 Å². The molecule has 1 aromatic heterocycles. The van der Waals surface area contributed by atoms with Crippen LogP contribution in [-0.2, 0) is 0 Å². The maximum Gasteiger partial charge on any atom is 0.269 e. The van der Waals surface area contributed by atoms with Crippen LogP contribution in [0.25, 0.3) is 0 Å². The number of hydrazine groups is 1. The Morgan fingerprint density at radius 1 is 1.43 bits per heavy atom. The van der Waals surface area contributed by atoms with Crippen LogP contribution in [0.3, 0.4) is 0 Å². The molecule has 0 aliphatic heterocycles. The molecule has 1 heterocycles. The number of carbonyl (C=O) groups is 1. The molecule has 2 aromatic rings. The Morgan fingerprint density at radius 3 is 2.81 bits per heavy atom. The average molecular weight is 375 g/mol. The predicted octanol–water partition coefficient (Wildman–Crippen LogP) is 3.40. The van der Waals surface area contributed by atoms with Crippen LogP contribution in [0.4, 0.5) is 10.1 Å². The molecule has 0 bridgehead atoms. The molecule has 0 aliphatic rings. The minimum atomic E-state index is -0.636. The summed E-state index contributed by atoms with van der Waals surface area (Å²) in [5.74, 6) is -1.17. The van der Waals surface area contributed by atoms with E-state index in [2.05, 4.69) is 31.8 Å². The summed E-state index contributed by atoms with van der Waals surface area (Å²) in [5, 5.41) is 0.416. The summed E-state index contributed by atoms with van der Waals surface area (Å²) in [6, 6.07) is 5.92. The van der Waals surface area contributed by atoms with Gasteiger partial charge in [-0.25, -0.2) is 9.37 Å². The second-order valence-corrected chi connectivity index (χ2v) is 5.18. The van der Waals surface area contributed by atoms with Gasteiger partial charge in [-0.05, 0) is 34.1 Å². The number of hydrogen-bond acceptors (Lipinski definition) is 4. The molecule has 5 nitrogen and oxygen atoms in total. The number of ether oxygens (including phenoxy) is 1. The van der Waals surface area contributed by atoms with E-state index in [0.717, 1.165) is 6.07 Å². The van der Waals surface area contributed by atoms with Crippen molar-refractivity contribution in [1.82, 2.24) is 10.4 Å². The van der Waals surface area contributed by atoms with E-state index in [9.17, 15) is 9.18 Å². The van der Waals surface area contributed by atoms with Gasteiger partial charge in [0, 0.05) is 16.1 Å². The minimum absolute atomic E-state index is 0.119. The highest BCUT2D eigenvalue weighted by atomic mass is 79.9. The predicted molar refractivity (Wildman–Crippen MR) is 81.0 cm³/mol. The second-order valence-electron chi connectivity index (χ2n) is 3.92. The lowest BCUT2D eigenvalue weighted by molar-refractivity contribution is 0.0962. The van der Waals surface area contributed by atoms with Crippen LogP contribution < -0.4 is 15.6 Å². The van der Waals surface area contributed by atoms with E-state index in [1.807, 2.05) is 0 Å². The molecule has 0 aliphatic carbocycles. The lowest BCUT2D eigenvalue weighted by atomic mass is 10.2. The zero-order valence-corrected chi connectivity index (χ0v) is 13.1. The van der Waals surface area contributed by atoms with Crippen molar-refractivity contribution in [3.63, 3.8) is 0 Å². The molecule has 0 spiro atoms. The van der Waals surface area contributed by atoms with E-state index in [-0.39, 0.29) is 11.6 Å². The summed E-state index contributed by atoms with van der Waals surface area (Å²) in [6.07, 6.45) is 1.33. The summed E-state index contributed by atoms with van der Waals surface area (Å²) in [5.41, 5.74) is 5.61. The van der Waals surface area contributed by atoms with Crippen LogP contribution in [0.5, 0.6) is 5.88 Å². The molecule has 0 radical (unpaired) electrons. The topological polar surface area (TPSA) is 63.2 Å². The SMILES string of the molecule is COc1ncc(NNC(=O)c2ccc(Br)c(Cl)c2)cc1F. The van der Waals surface area contributed by atoms with Crippen LogP contribution >= 0.6 is 27.5 Å². The number of carbonyl (C=O) groups excluding carboxylic acids is 1. The fourth-order valence-electron chi connectivity index (χ4n) is 1.48. The van der Waals surface area contributed by atoms with Gasteiger partial charge in [-0.3, -0.25) is 15.6 Å². The molecule has 1 aromatic carbocycles. The number of anilines is 1. The fraction of sp³-hybridized carbons (Fsp3) is 0.0769. The first-order valence-electron chi connectivity index (χ1n) is 5.72. The highest BCUT2D eigenvalue weighted by molar-refractivity contribution is 9.10. The molecule has 1 amide bonds. The molecule has 8 heteroatoms. The van der Waals surface area contributed by atoms with Crippen molar-refractivity contribution in [2.45, 2.75) is 0 Å². The molecule has 21 heavy (non-hydrogen) atoms. The largest absolute Gasteiger partial charge is 0.479 e. The van der Waals surface area contributed by atoms with E-state index in [1.165, 1.54) is 19.4 Å². The number of benzene rings is 1. The van der Waals surface area contributed by atoms with E-state index < -0.39 is 11.7 Å². The highest BCUT2D eigenvalue weighted by Gasteiger charge is 2.09. The van der Waals surface area contributed by atoms with Crippen LogP contribution in [0.1, 0.15) is 10.4 Å². The van der Waals surface area contributed by atoms with Crippen molar-refractivity contribution < 1.29 is 13.9 Å². The van der Waals surface area contributed by atoms with Crippen LogP contribution in [0, 0.1) is 5.82 Å². The van der Waals surface area contributed by atoms with Gasteiger partial charge >= 0.3 is 0 Å². The summed E-state index contributed by atoms with van der Waals surface area (Å²) in [7, 11) is 1.32. The molecule has 0 fully saturated rings. The zero-order chi connectivity index (χ0) is 15.4. The lowest BCUT2D eigenvalue weighted by Gasteiger charge is -2.09. The van der Waals surface area contributed by atoms with E-state index in [4.69, 9.17) is 16.3 Å². The van der Waals surface area contributed by atoms with Gasteiger partial charge in [0.25, 0.3) is 5.91 Å². The Morgan fingerprint density at radius 2 is 2.19 bits per heavy atom. The first-order chi connectivity index (χ1) is 10.0. The number of nitrogens with zero attached hydrogens (tertiary/aromatic N) is 1. The van der Waals surface area contributed by atoms with Crippen LogP contribution in [-0.4, -0.2) is 18.0 Å². The van der Waals surface area contributed by atoms with Crippen molar-refractivity contribution >= 4 is 39.1 Å². The Kier molecular flexibility index (Phi) is 4.98. The number of methoxy groups -OCH3 is 1. The van der Waals surface area contributed by atoms with Gasteiger partial charge in [-0.2, -0.15) is 0 Å². The molecule has 110 valence electrons. The van der Waals surface area contributed by atoms with E-state index in [0.29, 0.717) is 15.1 Å². The van der Waals surface area contributed by atoms with Crippen molar-refractivity contribution in [2.75, 3.05) is 12.5 Å². The first kappa shape index (κ1) is 15.5. The number of rotatable bonds is 4. The summed E-state index contributed by atoms with van der Waals surface area (Å²) in [4.78, 5) is 15.6. The van der Waals surface area contributed by atoms with Gasteiger partial charge in [0.05, 0.1) is 24.0 Å². The summed E-state index contributed by atoms with van der Waals surface area (Å²) < 4.78 is 18.8. The van der Waals surface area contributed by atoms with E-state index >= 15 is 0 Å². The maximum atomic E-state index is 13.4. The third kappa shape index (κ3) is 3.83. The summed E-state index contributed by atoms with van der Waals surface area (Å²) >= 11 is 9.14. The van der Waals surface area contributed by atoms with Gasteiger partial charge in [-0.1, -0.05) is 11.6 Å². The Balaban J connectivity index is 2.03. The molecular formula is C13H10BrClFN3O2. The number of halogens is 3. The molecule has 0 saturated carbocycles. The number of hydrogen-bond donors (Lipinski definition) is 2. The van der Waals surface area contributed by atoms with Gasteiger partial charge in [0.15, 0.2) is 5.82 Å². The highest BCUT2D eigenvalue weighted by Crippen LogP contribution is 2.23. The molecule has 0 saturated heterocycles. The Labute approximate surface area is 133 Å². The van der Waals surface area contributed by atoms with Crippen molar-refractivity contribution in [2.24, 2.45) is 0 Å². The standard InChI is InChI=1S/C13H10BrClFN3O2/c1-21-13-11(16)5-8(6-17-13)18-19-12(20)7-2-3-9(14)10(15)4-7/h2-6,18H,1H3,(H,19,20). The fourth-order valence-corrected chi connectivity index (χ4v) is 1.91. The van der Waals surface area contributed by atoms with Crippen LogP contribution in [0.2, 0.25) is 5.02 Å². The van der Waals surface area contributed by atoms with Crippen molar-refractivity contribution in [1.29, 1.82) is 0 Å². The Hall–Kier alpha value is -1.86. The van der Waals surface area contributed by atoms with Gasteiger partial charge in [0.2, 0.25) is 5.88 Å². The first-order valence-corrected chi connectivity index (χ1v) is 6.89. The molecule has 2 rings (SSSR count). The number of pyridine rings is 1.